The Bertz CT molecular complexity index is 533. The summed E-state index contributed by atoms with van der Waals surface area (Å²) in [5.41, 5.74) is 2.26. The Morgan fingerprint density at radius 1 is 1.22 bits per heavy atom. The Labute approximate surface area is 119 Å². The van der Waals surface area contributed by atoms with E-state index in [4.69, 9.17) is 0 Å². The fourth-order valence-electron chi connectivity index (χ4n) is 1.59. The van der Waals surface area contributed by atoms with Gasteiger partial charge in [0, 0.05) is 4.88 Å². The van der Waals surface area contributed by atoms with Crippen LogP contribution in [0.2, 0.25) is 0 Å². The van der Waals surface area contributed by atoms with Crippen molar-refractivity contribution >= 4 is 33.2 Å². The Morgan fingerprint density at radius 2 is 1.94 bits per heavy atom. The van der Waals surface area contributed by atoms with Gasteiger partial charge in [0.1, 0.15) is 0 Å². The third kappa shape index (κ3) is 3.96. The van der Waals surface area contributed by atoms with Crippen LogP contribution in [-0.2, 0) is 17.8 Å². The molecule has 0 aliphatic heterocycles. The predicted octanol–water partition coefficient (Wildman–Crippen LogP) is 3.68. The van der Waals surface area contributed by atoms with E-state index in [1.807, 2.05) is 43.3 Å². The van der Waals surface area contributed by atoms with Crippen LogP contribution in [0, 0.1) is 6.92 Å². The van der Waals surface area contributed by atoms with Gasteiger partial charge in [0.05, 0.1) is 16.8 Å². The zero-order chi connectivity index (χ0) is 13.0. The van der Waals surface area contributed by atoms with Crippen LogP contribution in [0.3, 0.4) is 0 Å². The highest BCUT2D eigenvalue weighted by molar-refractivity contribution is 9.11. The molecule has 0 saturated heterocycles. The van der Waals surface area contributed by atoms with E-state index < -0.39 is 0 Å². The van der Waals surface area contributed by atoms with E-state index in [-0.39, 0.29) is 5.91 Å². The normalized spacial score (nSPS) is 10.3. The second-order valence-corrected chi connectivity index (χ2v) is 6.69. The van der Waals surface area contributed by atoms with Crippen molar-refractivity contribution in [2.75, 3.05) is 0 Å². The molecular weight excluding hydrogens is 310 g/mol. The van der Waals surface area contributed by atoms with Gasteiger partial charge in [-0.1, -0.05) is 29.8 Å². The summed E-state index contributed by atoms with van der Waals surface area (Å²) >= 11 is 5.05. The largest absolute Gasteiger partial charge is 0.351 e. The van der Waals surface area contributed by atoms with Gasteiger partial charge in [0.25, 0.3) is 0 Å². The number of benzene rings is 1. The molecule has 18 heavy (non-hydrogen) atoms. The highest BCUT2D eigenvalue weighted by Gasteiger charge is 2.04. The van der Waals surface area contributed by atoms with Gasteiger partial charge in [-0.2, -0.15) is 0 Å². The first kappa shape index (κ1) is 13.3. The van der Waals surface area contributed by atoms with Crippen LogP contribution in [0.15, 0.2) is 40.2 Å². The molecule has 0 unspecified atom stereocenters. The molecule has 2 aromatic rings. The molecule has 94 valence electrons. The molecule has 0 bridgehead atoms. The second-order valence-electron chi connectivity index (χ2n) is 4.14. The van der Waals surface area contributed by atoms with E-state index in [1.165, 1.54) is 5.56 Å². The van der Waals surface area contributed by atoms with Crippen LogP contribution in [0.1, 0.15) is 16.0 Å². The van der Waals surface area contributed by atoms with Crippen molar-refractivity contribution in [3.8, 4) is 0 Å². The Hall–Kier alpha value is -1.13. The summed E-state index contributed by atoms with van der Waals surface area (Å²) in [7, 11) is 0. The van der Waals surface area contributed by atoms with Crippen LogP contribution < -0.4 is 5.32 Å². The maximum Gasteiger partial charge on any atom is 0.224 e. The summed E-state index contributed by atoms with van der Waals surface area (Å²) in [6, 6.07) is 12.1. The summed E-state index contributed by atoms with van der Waals surface area (Å²) in [4.78, 5) is 12.9. The molecule has 1 N–H and O–H groups in total. The van der Waals surface area contributed by atoms with E-state index in [0.29, 0.717) is 13.0 Å². The zero-order valence-electron chi connectivity index (χ0n) is 10.1. The van der Waals surface area contributed by atoms with Crippen molar-refractivity contribution in [3.63, 3.8) is 0 Å². The van der Waals surface area contributed by atoms with Gasteiger partial charge in [-0.3, -0.25) is 4.79 Å². The molecule has 1 aromatic heterocycles. The van der Waals surface area contributed by atoms with Gasteiger partial charge in [0.2, 0.25) is 5.91 Å². The number of thiophene rings is 1. The average molecular weight is 324 g/mol. The van der Waals surface area contributed by atoms with Crippen molar-refractivity contribution in [2.45, 2.75) is 19.9 Å². The SMILES string of the molecule is Cc1ccc(CC(=O)NCc2ccc(Br)s2)cc1. The van der Waals surface area contributed by atoms with Gasteiger partial charge in [0.15, 0.2) is 0 Å². The van der Waals surface area contributed by atoms with E-state index in [9.17, 15) is 4.79 Å². The van der Waals surface area contributed by atoms with E-state index >= 15 is 0 Å². The number of rotatable bonds is 4. The fraction of sp³-hybridized carbons (Fsp3) is 0.214. The third-order valence-corrected chi connectivity index (χ3v) is 4.20. The minimum atomic E-state index is 0.0587. The lowest BCUT2D eigenvalue weighted by atomic mass is 10.1. The smallest absolute Gasteiger partial charge is 0.224 e. The first-order valence-electron chi connectivity index (χ1n) is 5.70. The maximum atomic E-state index is 11.8. The average Bonchev–Trinajstić information content (AvgIpc) is 2.76. The topological polar surface area (TPSA) is 29.1 Å². The molecule has 0 saturated carbocycles. The molecule has 1 aromatic carbocycles. The molecule has 2 nitrogen and oxygen atoms in total. The standard InChI is InChI=1S/C14H14BrNOS/c1-10-2-4-11(5-3-10)8-14(17)16-9-12-6-7-13(15)18-12/h2-7H,8-9H2,1H3,(H,16,17). The maximum absolute atomic E-state index is 11.8. The highest BCUT2D eigenvalue weighted by atomic mass is 79.9. The number of aryl methyl sites for hydroxylation is 1. The lowest BCUT2D eigenvalue weighted by molar-refractivity contribution is -0.120. The first-order valence-corrected chi connectivity index (χ1v) is 7.31. The zero-order valence-corrected chi connectivity index (χ0v) is 12.5. The van der Waals surface area contributed by atoms with Crippen molar-refractivity contribution in [3.05, 3.63) is 56.2 Å². The molecule has 0 fully saturated rings. The Balaban J connectivity index is 1.83. The molecular formula is C14H14BrNOS. The van der Waals surface area contributed by atoms with Crippen molar-refractivity contribution in [2.24, 2.45) is 0 Å². The van der Waals surface area contributed by atoms with Gasteiger partial charge >= 0.3 is 0 Å². The highest BCUT2D eigenvalue weighted by Crippen LogP contribution is 2.21. The Morgan fingerprint density at radius 3 is 2.56 bits per heavy atom. The summed E-state index contributed by atoms with van der Waals surface area (Å²) in [6.07, 6.45) is 0.437. The molecule has 1 heterocycles. The van der Waals surface area contributed by atoms with Gasteiger partial charge in [-0.05, 0) is 40.5 Å². The number of carbonyl (C=O) groups excluding carboxylic acids is 1. The van der Waals surface area contributed by atoms with E-state index in [2.05, 4.69) is 21.2 Å². The molecule has 1 amide bonds. The molecule has 0 spiro atoms. The van der Waals surface area contributed by atoms with Crippen LogP contribution >= 0.6 is 27.3 Å². The molecule has 4 heteroatoms. The Kier molecular flexibility index (Phi) is 4.55. The van der Waals surface area contributed by atoms with Crippen molar-refractivity contribution in [1.82, 2.24) is 5.32 Å². The number of hydrogen-bond acceptors (Lipinski definition) is 2. The minimum Gasteiger partial charge on any atom is -0.351 e. The molecule has 0 aliphatic carbocycles. The molecule has 0 atom stereocenters. The van der Waals surface area contributed by atoms with Gasteiger partial charge < -0.3 is 5.32 Å². The first-order chi connectivity index (χ1) is 8.63. The van der Waals surface area contributed by atoms with Crippen LogP contribution in [0.5, 0.6) is 0 Å². The van der Waals surface area contributed by atoms with E-state index in [1.54, 1.807) is 11.3 Å². The van der Waals surface area contributed by atoms with Crippen molar-refractivity contribution in [1.29, 1.82) is 0 Å². The summed E-state index contributed by atoms with van der Waals surface area (Å²) < 4.78 is 1.09. The van der Waals surface area contributed by atoms with Gasteiger partial charge in [-0.25, -0.2) is 0 Å². The summed E-state index contributed by atoms with van der Waals surface area (Å²) in [5, 5.41) is 2.93. The van der Waals surface area contributed by atoms with Crippen LogP contribution in [0.4, 0.5) is 0 Å². The fourth-order valence-corrected chi connectivity index (χ4v) is 3.01. The van der Waals surface area contributed by atoms with Gasteiger partial charge in [-0.15, -0.1) is 11.3 Å². The van der Waals surface area contributed by atoms with E-state index in [0.717, 1.165) is 14.2 Å². The molecule has 0 aliphatic rings. The number of carbonyl (C=O) groups is 1. The lowest BCUT2D eigenvalue weighted by Gasteiger charge is -2.04. The third-order valence-electron chi connectivity index (χ3n) is 2.57. The van der Waals surface area contributed by atoms with Crippen molar-refractivity contribution < 1.29 is 4.79 Å². The predicted molar refractivity (Wildman–Crippen MR) is 78.7 cm³/mol. The minimum absolute atomic E-state index is 0.0587. The number of amides is 1. The summed E-state index contributed by atoms with van der Waals surface area (Å²) in [5.74, 6) is 0.0587. The monoisotopic (exact) mass is 323 g/mol. The molecule has 2 rings (SSSR count). The summed E-state index contributed by atoms with van der Waals surface area (Å²) in [6.45, 7) is 2.64. The molecule has 0 radical (unpaired) electrons. The van der Waals surface area contributed by atoms with Crippen LogP contribution in [0.25, 0.3) is 0 Å². The quantitative estimate of drug-likeness (QED) is 0.913. The number of halogens is 1. The number of nitrogens with one attached hydrogen (secondary N) is 1. The lowest BCUT2D eigenvalue weighted by Crippen LogP contribution is -2.24. The van der Waals surface area contributed by atoms with Crippen LogP contribution in [-0.4, -0.2) is 5.91 Å². The number of hydrogen-bond donors (Lipinski definition) is 1. The second kappa shape index (κ2) is 6.16.